The Balaban J connectivity index is 1.69. The third kappa shape index (κ3) is 2.99. The minimum absolute atomic E-state index is 0.307. The molecule has 2 aromatic heterocycles. The molecule has 0 radical (unpaired) electrons. The summed E-state index contributed by atoms with van der Waals surface area (Å²) in [6.07, 6.45) is 1.79. The van der Waals surface area contributed by atoms with Crippen molar-refractivity contribution in [3.8, 4) is 0 Å². The Morgan fingerprint density at radius 1 is 1.45 bits per heavy atom. The van der Waals surface area contributed by atoms with Crippen molar-refractivity contribution < 1.29 is 4.52 Å². The van der Waals surface area contributed by atoms with Crippen LogP contribution in [0.2, 0.25) is 0 Å². The van der Waals surface area contributed by atoms with Gasteiger partial charge < -0.3 is 10.3 Å². The molecular formula is C11H16N6OS2. The first kappa shape index (κ1) is 13.9. The maximum absolute atomic E-state index is 5.50. The highest BCUT2D eigenvalue weighted by Crippen LogP contribution is 2.41. The van der Waals surface area contributed by atoms with Crippen molar-refractivity contribution in [1.29, 1.82) is 0 Å². The highest BCUT2D eigenvalue weighted by atomic mass is 32.2. The number of hydrogen-bond donors (Lipinski definition) is 1. The van der Waals surface area contributed by atoms with E-state index in [1.807, 2.05) is 23.5 Å². The topological polar surface area (TPSA) is 95.7 Å². The summed E-state index contributed by atoms with van der Waals surface area (Å²) in [5, 5.41) is 12.8. The fourth-order valence-electron chi connectivity index (χ4n) is 2.01. The van der Waals surface area contributed by atoms with Gasteiger partial charge in [-0.2, -0.15) is 16.7 Å². The lowest BCUT2D eigenvalue weighted by molar-refractivity contribution is 0.359. The van der Waals surface area contributed by atoms with Crippen molar-refractivity contribution in [3.05, 3.63) is 23.6 Å². The Kier molecular flexibility index (Phi) is 4.27. The van der Waals surface area contributed by atoms with Gasteiger partial charge in [-0.05, 0) is 0 Å². The predicted molar refractivity (Wildman–Crippen MR) is 78.4 cm³/mol. The second-order valence-electron chi connectivity index (χ2n) is 4.53. The van der Waals surface area contributed by atoms with Crippen molar-refractivity contribution in [2.75, 3.05) is 11.5 Å². The zero-order chi connectivity index (χ0) is 13.9. The Morgan fingerprint density at radius 2 is 2.30 bits per heavy atom. The summed E-state index contributed by atoms with van der Waals surface area (Å²) in [5.41, 5.74) is 6.25. The van der Waals surface area contributed by atoms with Crippen LogP contribution in [0.1, 0.15) is 29.6 Å². The zero-order valence-electron chi connectivity index (χ0n) is 11.1. The largest absolute Gasteiger partial charge is 0.337 e. The lowest BCUT2D eigenvalue weighted by atomic mass is 10.3. The number of hydrogen-bond acceptors (Lipinski definition) is 8. The van der Waals surface area contributed by atoms with Gasteiger partial charge in [-0.3, -0.25) is 0 Å². The normalized spacial score (nSPS) is 23.1. The van der Waals surface area contributed by atoms with Crippen LogP contribution in [0.15, 0.2) is 10.7 Å². The van der Waals surface area contributed by atoms with Crippen LogP contribution in [0.4, 0.5) is 0 Å². The van der Waals surface area contributed by atoms with Gasteiger partial charge in [-0.25, -0.2) is 4.68 Å². The van der Waals surface area contributed by atoms with Crippen LogP contribution in [0.5, 0.6) is 0 Å². The Hall–Kier alpha value is -1.06. The summed E-state index contributed by atoms with van der Waals surface area (Å²) in [7, 11) is 0. The predicted octanol–water partition coefficient (Wildman–Crippen LogP) is 1.08. The fraction of sp³-hybridized carbons (Fsp3) is 0.636. The third-order valence-corrected chi connectivity index (χ3v) is 6.11. The van der Waals surface area contributed by atoms with E-state index in [1.54, 1.807) is 10.9 Å². The number of rotatable bonds is 4. The molecule has 9 heteroatoms. The van der Waals surface area contributed by atoms with Gasteiger partial charge in [0.2, 0.25) is 5.89 Å². The molecule has 2 unspecified atom stereocenters. The average Bonchev–Trinajstić information content (AvgIpc) is 3.09. The molecule has 20 heavy (non-hydrogen) atoms. The maximum Gasteiger partial charge on any atom is 0.248 e. The lowest BCUT2D eigenvalue weighted by Crippen LogP contribution is -2.17. The summed E-state index contributed by atoms with van der Waals surface area (Å²) in [6, 6.07) is 0. The van der Waals surface area contributed by atoms with Crippen LogP contribution in [0, 0.1) is 0 Å². The van der Waals surface area contributed by atoms with Gasteiger partial charge in [0.1, 0.15) is 6.54 Å². The first-order valence-electron chi connectivity index (χ1n) is 6.41. The van der Waals surface area contributed by atoms with Crippen LogP contribution in [0.25, 0.3) is 0 Å². The Bertz CT molecular complexity index is 571. The summed E-state index contributed by atoms with van der Waals surface area (Å²) in [4.78, 5) is 4.48. The minimum atomic E-state index is 0.307. The molecule has 0 saturated carbocycles. The van der Waals surface area contributed by atoms with Crippen LogP contribution < -0.4 is 5.73 Å². The van der Waals surface area contributed by atoms with E-state index in [0.717, 1.165) is 17.3 Å². The molecule has 0 spiro atoms. The second-order valence-corrected chi connectivity index (χ2v) is 7.26. The molecular weight excluding hydrogens is 296 g/mol. The molecule has 0 amide bonds. The van der Waals surface area contributed by atoms with E-state index in [4.69, 9.17) is 10.3 Å². The smallest absolute Gasteiger partial charge is 0.248 e. The van der Waals surface area contributed by atoms with Crippen LogP contribution in [-0.4, -0.2) is 41.9 Å². The van der Waals surface area contributed by atoms with Gasteiger partial charge >= 0.3 is 0 Å². The van der Waals surface area contributed by atoms with Crippen molar-refractivity contribution in [1.82, 2.24) is 25.1 Å². The second kappa shape index (κ2) is 6.15. The van der Waals surface area contributed by atoms with Crippen molar-refractivity contribution in [3.63, 3.8) is 0 Å². The van der Waals surface area contributed by atoms with Crippen molar-refractivity contribution in [2.24, 2.45) is 5.73 Å². The van der Waals surface area contributed by atoms with Crippen molar-refractivity contribution in [2.45, 2.75) is 30.5 Å². The monoisotopic (exact) mass is 312 g/mol. The highest BCUT2D eigenvalue weighted by molar-refractivity contribution is 8.06. The van der Waals surface area contributed by atoms with Gasteiger partial charge in [0, 0.05) is 23.3 Å². The van der Waals surface area contributed by atoms with E-state index in [0.29, 0.717) is 29.5 Å². The van der Waals surface area contributed by atoms with Crippen molar-refractivity contribution >= 4 is 23.5 Å². The highest BCUT2D eigenvalue weighted by Gasteiger charge is 2.28. The molecule has 3 heterocycles. The number of thioether (sulfide) groups is 2. The van der Waals surface area contributed by atoms with E-state index in [2.05, 4.69) is 27.4 Å². The Labute approximate surface area is 125 Å². The quantitative estimate of drug-likeness (QED) is 0.896. The fourth-order valence-corrected chi connectivity index (χ4v) is 4.69. The first-order valence-corrected chi connectivity index (χ1v) is 8.51. The average molecular weight is 312 g/mol. The maximum atomic E-state index is 5.50. The first-order chi connectivity index (χ1) is 9.76. The molecule has 2 N–H and O–H groups in total. The van der Waals surface area contributed by atoms with Gasteiger partial charge in [-0.15, -0.1) is 16.9 Å². The zero-order valence-corrected chi connectivity index (χ0v) is 12.7. The van der Waals surface area contributed by atoms with Crippen LogP contribution in [-0.2, 0) is 13.1 Å². The van der Waals surface area contributed by atoms with Gasteiger partial charge in [0.15, 0.2) is 5.82 Å². The molecule has 0 bridgehead atoms. The molecule has 2 aromatic rings. The number of nitrogens with two attached hydrogens (primary N) is 1. The minimum Gasteiger partial charge on any atom is -0.337 e. The van der Waals surface area contributed by atoms with Crippen LogP contribution >= 0.6 is 23.5 Å². The van der Waals surface area contributed by atoms with Gasteiger partial charge in [-0.1, -0.05) is 17.3 Å². The third-order valence-electron chi connectivity index (χ3n) is 3.02. The molecule has 2 atom stereocenters. The molecule has 0 aromatic carbocycles. The van der Waals surface area contributed by atoms with Gasteiger partial charge in [0.25, 0.3) is 0 Å². The molecule has 0 aliphatic carbocycles. The van der Waals surface area contributed by atoms with Crippen LogP contribution in [0.3, 0.4) is 0 Å². The van der Waals surface area contributed by atoms with Gasteiger partial charge in [0.05, 0.1) is 17.1 Å². The molecule has 108 valence electrons. The SMILES string of the molecule is CC1SCCSC1c1noc(Cn2cc(CN)nn2)n1. The van der Waals surface area contributed by atoms with E-state index < -0.39 is 0 Å². The lowest BCUT2D eigenvalue weighted by Gasteiger charge is -2.24. The van der Waals surface area contributed by atoms with E-state index >= 15 is 0 Å². The van der Waals surface area contributed by atoms with E-state index in [-0.39, 0.29) is 0 Å². The van der Waals surface area contributed by atoms with E-state index in [9.17, 15) is 0 Å². The summed E-state index contributed by atoms with van der Waals surface area (Å²) in [6.45, 7) is 3.02. The number of aromatic nitrogens is 5. The standard InChI is InChI=1S/C11H16N6OS2/c1-7-10(20-3-2-19-7)11-13-9(18-15-11)6-17-5-8(4-12)14-16-17/h5,7,10H,2-4,6,12H2,1H3. The molecule has 3 rings (SSSR count). The van der Waals surface area contributed by atoms with E-state index in [1.165, 1.54) is 5.75 Å². The molecule has 7 nitrogen and oxygen atoms in total. The summed E-state index contributed by atoms with van der Waals surface area (Å²) >= 11 is 3.85. The molecule has 1 aliphatic rings. The molecule has 1 saturated heterocycles. The summed E-state index contributed by atoms with van der Waals surface area (Å²) < 4.78 is 6.97. The summed E-state index contributed by atoms with van der Waals surface area (Å²) in [5.74, 6) is 3.65. The number of nitrogens with zero attached hydrogens (tertiary/aromatic N) is 5. The molecule has 1 fully saturated rings. The molecule has 1 aliphatic heterocycles. The Morgan fingerprint density at radius 3 is 3.05 bits per heavy atom.